The maximum absolute atomic E-state index is 13.7. The SMILES string of the molecule is CCN(CC)C(=O)C1=C(C)N=c2s/c(=C/c3ccc(I)cc3)c(=O)n2[C@@H]1c1ccccc1OC. The maximum Gasteiger partial charge on any atom is 0.271 e. The molecule has 0 saturated carbocycles. The molecule has 0 unspecified atom stereocenters. The standard InChI is InChI=1S/C26H26IN3O3S/c1-5-29(6-2)25(32)22-16(3)28-26-30(23(22)19-9-7-8-10-20(19)33-4)24(31)21(34-26)15-17-11-13-18(27)14-12-17/h7-15,23H,5-6H2,1-4H3/b21-15+/t23-/m1/s1. The van der Waals surface area contributed by atoms with Gasteiger partial charge >= 0.3 is 0 Å². The molecule has 0 N–H and O–H groups in total. The van der Waals surface area contributed by atoms with Crippen LogP contribution >= 0.6 is 33.9 Å². The first-order valence-electron chi connectivity index (χ1n) is 11.1. The molecule has 1 aliphatic rings. The van der Waals surface area contributed by atoms with E-state index in [1.807, 2.05) is 75.4 Å². The van der Waals surface area contributed by atoms with Crippen molar-refractivity contribution in [2.24, 2.45) is 4.99 Å². The van der Waals surface area contributed by atoms with E-state index in [0.29, 0.717) is 39.4 Å². The normalized spacial score (nSPS) is 15.7. The minimum Gasteiger partial charge on any atom is -0.496 e. The zero-order valence-electron chi connectivity index (χ0n) is 19.5. The lowest BCUT2D eigenvalue weighted by atomic mass is 9.94. The van der Waals surface area contributed by atoms with Gasteiger partial charge in [-0.15, -0.1) is 0 Å². The van der Waals surface area contributed by atoms with Crippen LogP contribution in [-0.4, -0.2) is 35.6 Å². The maximum atomic E-state index is 13.7. The topological polar surface area (TPSA) is 63.9 Å². The third-order valence-electron chi connectivity index (χ3n) is 5.90. The number of benzene rings is 2. The lowest BCUT2D eigenvalue weighted by molar-refractivity contribution is -0.127. The highest BCUT2D eigenvalue weighted by atomic mass is 127. The molecule has 0 spiro atoms. The number of allylic oxidation sites excluding steroid dienone is 1. The Morgan fingerprint density at radius 3 is 2.50 bits per heavy atom. The number of aromatic nitrogens is 1. The number of amides is 1. The molecule has 34 heavy (non-hydrogen) atoms. The minimum absolute atomic E-state index is 0.117. The molecule has 4 rings (SSSR count). The average Bonchev–Trinajstić information content (AvgIpc) is 3.14. The van der Waals surface area contributed by atoms with Crippen molar-refractivity contribution in [3.63, 3.8) is 0 Å². The van der Waals surface area contributed by atoms with Gasteiger partial charge < -0.3 is 9.64 Å². The van der Waals surface area contributed by atoms with E-state index in [2.05, 4.69) is 22.6 Å². The van der Waals surface area contributed by atoms with E-state index >= 15 is 0 Å². The quantitative estimate of drug-likeness (QED) is 0.414. The number of rotatable bonds is 6. The van der Waals surface area contributed by atoms with Crippen molar-refractivity contribution in [3.05, 3.63) is 94.2 Å². The summed E-state index contributed by atoms with van der Waals surface area (Å²) in [4.78, 5) is 34.5. The number of para-hydroxylation sites is 1. The number of halogens is 1. The minimum atomic E-state index is -0.626. The van der Waals surface area contributed by atoms with E-state index in [1.165, 1.54) is 11.3 Å². The van der Waals surface area contributed by atoms with Gasteiger partial charge in [0.15, 0.2) is 4.80 Å². The fourth-order valence-corrected chi connectivity index (χ4v) is 5.58. The Hall–Kier alpha value is -2.72. The zero-order valence-corrected chi connectivity index (χ0v) is 22.5. The van der Waals surface area contributed by atoms with Crippen LogP contribution in [-0.2, 0) is 4.79 Å². The summed E-state index contributed by atoms with van der Waals surface area (Å²) in [5, 5.41) is 0. The average molecular weight is 587 g/mol. The fraction of sp³-hybridized carbons (Fsp3) is 0.269. The van der Waals surface area contributed by atoms with Gasteiger partial charge in [0.2, 0.25) is 0 Å². The van der Waals surface area contributed by atoms with Gasteiger partial charge in [-0.05, 0) is 73.2 Å². The van der Waals surface area contributed by atoms with Crippen molar-refractivity contribution >= 4 is 45.9 Å². The van der Waals surface area contributed by atoms with Crippen LogP contribution in [0.5, 0.6) is 5.75 Å². The van der Waals surface area contributed by atoms with Crippen molar-refractivity contribution in [3.8, 4) is 5.75 Å². The van der Waals surface area contributed by atoms with Crippen LogP contribution in [0.2, 0.25) is 0 Å². The lowest BCUT2D eigenvalue weighted by Gasteiger charge is -2.29. The van der Waals surface area contributed by atoms with Crippen molar-refractivity contribution in [1.82, 2.24) is 9.47 Å². The van der Waals surface area contributed by atoms with E-state index < -0.39 is 6.04 Å². The highest BCUT2D eigenvalue weighted by Gasteiger charge is 2.35. The number of carbonyl (C=O) groups excluding carboxylic acids is 1. The van der Waals surface area contributed by atoms with Gasteiger partial charge in [-0.3, -0.25) is 14.2 Å². The highest BCUT2D eigenvalue weighted by molar-refractivity contribution is 14.1. The first-order valence-corrected chi connectivity index (χ1v) is 13.0. The Kier molecular flexibility index (Phi) is 7.37. The number of carbonyl (C=O) groups is 1. The van der Waals surface area contributed by atoms with Crippen LogP contribution in [0.15, 0.2) is 69.6 Å². The number of hydrogen-bond donors (Lipinski definition) is 0. The van der Waals surface area contributed by atoms with E-state index in [4.69, 9.17) is 9.73 Å². The molecule has 6 nitrogen and oxygen atoms in total. The molecule has 0 aliphatic carbocycles. The fourth-order valence-electron chi connectivity index (χ4n) is 4.17. The van der Waals surface area contributed by atoms with Crippen LogP contribution in [0.4, 0.5) is 0 Å². The van der Waals surface area contributed by atoms with E-state index in [9.17, 15) is 9.59 Å². The molecule has 1 atom stereocenters. The van der Waals surface area contributed by atoms with E-state index in [-0.39, 0.29) is 11.5 Å². The number of likely N-dealkylation sites (N-methyl/N-ethyl adjacent to an activating group) is 1. The Morgan fingerprint density at radius 1 is 1.18 bits per heavy atom. The second-order valence-corrected chi connectivity index (χ2v) is 10.1. The highest BCUT2D eigenvalue weighted by Crippen LogP contribution is 2.35. The van der Waals surface area contributed by atoms with Gasteiger partial charge in [0.05, 0.1) is 22.9 Å². The molecule has 176 valence electrons. The largest absolute Gasteiger partial charge is 0.496 e. The van der Waals surface area contributed by atoms with Gasteiger partial charge in [-0.1, -0.05) is 41.7 Å². The molecule has 1 aliphatic heterocycles. The van der Waals surface area contributed by atoms with E-state index in [1.54, 1.807) is 16.6 Å². The van der Waals surface area contributed by atoms with Crippen molar-refractivity contribution < 1.29 is 9.53 Å². The van der Waals surface area contributed by atoms with Gasteiger partial charge in [0, 0.05) is 22.2 Å². The number of thiazole rings is 1. The molecular formula is C26H26IN3O3S. The van der Waals surface area contributed by atoms with Crippen molar-refractivity contribution in [2.75, 3.05) is 20.2 Å². The molecule has 1 amide bonds. The molecule has 2 heterocycles. The second kappa shape index (κ2) is 10.3. The Balaban J connectivity index is 1.99. The first kappa shape index (κ1) is 24.4. The van der Waals surface area contributed by atoms with Crippen LogP contribution in [0.25, 0.3) is 6.08 Å². The molecular weight excluding hydrogens is 561 g/mol. The molecule has 0 saturated heterocycles. The van der Waals surface area contributed by atoms with Crippen LogP contribution in [0.1, 0.15) is 37.9 Å². The number of hydrogen-bond acceptors (Lipinski definition) is 5. The predicted molar refractivity (Wildman–Crippen MR) is 144 cm³/mol. The Morgan fingerprint density at radius 2 is 1.85 bits per heavy atom. The van der Waals surface area contributed by atoms with Crippen LogP contribution in [0.3, 0.4) is 0 Å². The summed E-state index contributed by atoms with van der Waals surface area (Å²) in [5.74, 6) is 0.508. The van der Waals surface area contributed by atoms with Crippen LogP contribution in [0, 0.1) is 3.57 Å². The Bertz CT molecular complexity index is 1430. The summed E-state index contributed by atoms with van der Waals surface area (Å²) in [6.45, 7) is 6.89. The number of ether oxygens (including phenoxy) is 1. The summed E-state index contributed by atoms with van der Waals surface area (Å²) < 4.78 is 8.99. The third kappa shape index (κ3) is 4.48. The molecule has 8 heteroatoms. The second-order valence-electron chi connectivity index (χ2n) is 7.85. The first-order chi connectivity index (χ1) is 16.4. The van der Waals surface area contributed by atoms with Gasteiger partial charge in [0.1, 0.15) is 11.8 Å². The summed E-state index contributed by atoms with van der Waals surface area (Å²) >= 11 is 3.59. The predicted octanol–water partition coefficient (Wildman–Crippen LogP) is 3.72. The zero-order chi connectivity index (χ0) is 24.4. The van der Waals surface area contributed by atoms with Crippen molar-refractivity contribution in [2.45, 2.75) is 26.8 Å². The number of methoxy groups -OCH3 is 1. The lowest BCUT2D eigenvalue weighted by Crippen LogP contribution is -2.43. The molecule has 3 aromatic rings. The van der Waals surface area contributed by atoms with Gasteiger partial charge in [-0.25, -0.2) is 4.99 Å². The molecule has 0 fully saturated rings. The van der Waals surface area contributed by atoms with E-state index in [0.717, 1.165) is 14.7 Å². The number of fused-ring (bicyclic) bond motifs is 1. The van der Waals surface area contributed by atoms with Crippen LogP contribution < -0.4 is 19.6 Å². The summed E-state index contributed by atoms with van der Waals surface area (Å²) in [7, 11) is 1.60. The number of nitrogens with zero attached hydrogens (tertiary/aromatic N) is 3. The molecule has 1 aromatic heterocycles. The molecule has 2 aromatic carbocycles. The third-order valence-corrected chi connectivity index (χ3v) is 7.61. The smallest absolute Gasteiger partial charge is 0.271 e. The summed E-state index contributed by atoms with van der Waals surface area (Å²) in [6, 6.07) is 14.9. The van der Waals surface area contributed by atoms with Crippen molar-refractivity contribution in [1.29, 1.82) is 0 Å². The molecule has 0 bridgehead atoms. The monoisotopic (exact) mass is 587 g/mol. The summed E-state index contributed by atoms with van der Waals surface area (Å²) in [5.41, 5.74) is 2.65. The van der Waals surface area contributed by atoms with Gasteiger partial charge in [-0.2, -0.15) is 0 Å². The molecule has 0 radical (unpaired) electrons. The van der Waals surface area contributed by atoms with Gasteiger partial charge in [0.25, 0.3) is 11.5 Å². The Labute approximate surface area is 216 Å². The summed E-state index contributed by atoms with van der Waals surface area (Å²) in [6.07, 6.45) is 1.88.